The first-order valence-electron chi connectivity index (χ1n) is 9.20. The number of piperazine rings is 1. The van der Waals surface area contributed by atoms with E-state index in [1.165, 1.54) is 11.1 Å². The van der Waals surface area contributed by atoms with Gasteiger partial charge in [0, 0.05) is 38.3 Å². The molecule has 1 aromatic rings. The molecule has 0 aliphatic carbocycles. The number of nitrogens with two attached hydrogens (primary N) is 1. The van der Waals surface area contributed by atoms with Gasteiger partial charge in [-0.05, 0) is 45.2 Å². The van der Waals surface area contributed by atoms with Gasteiger partial charge in [0.05, 0.1) is 0 Å². The van der Waals surface area contributed by atoms with Gasteiger partial charge in [-0.1, -0.05) is 31.2 Å². The van der Waals surface area contributed by atoms with Crippen LogP contribution in [-0.2, 0) is 9.53 Å². The maximum Gasteiger partial charge on any atom is 0.293 e. The fourth-order valence-corrected chi connectivity index (χ4v) is 2.86. The number of nitrogens with one attached hydrogen (secondary N) is 1. The van der Waals surface area contributed by atoms with E-state index in [1.54, 1.807) is 0 Å². The van der Waals surface area contributed by atoms with Gasteiger partial charge in [-0.25, -0.2) is 0 Å². The number of rotatable bonds is 5. The lowest BCUT2D eigenvalue weighted by Crippen LogP contribution is -2.45. The molecule has 5 heteroatoms. The van der Waals surface area contributed by atoms with Crippen LogP contribution in [-0.4, -0.2) is 43.2 Å². The second-order valence-corrected chi connectivity index (χ2v) is 7.49. The minimum atomic E-state index is -0.318. The molecule has 142 valence electrons. The highest BCUT2D eigenvalue weighted by atomic mass is 16.5. The summed E-state index contributed by atoms with van der Waals surface area (Å²) in [4.78, 5) is 12.2. The molecule has 5 nitrogen and oxygen atoms in total. The van der Waals surface area contributed by atoms with Crippen molar-refractivity contribution in [1.29, 1.82) is 0 Å². The van der Waals surface area contributed by atoms with Crippen LogP contribution in [0.25, 0.3) is 0 Å². The lowest BCUT2D eigenvalue weighted by molar-refractivity contribution is -0.138. The summed E-state index contributed by atoms with van der Waals surface area (Å²) < 4.78 is 4.55. The van der Waals surface area contributed by atoms with Crippen molar-refractivity contribution < 1.29 is 9.53 Å². The third-order valence-electron chi connectivity index (χ3n) is 4.23. The van der Waals surface area contributed by atoms with Gasteiger partial charge in [0.25, 0.3) is 6.47 Å². The molecule has 0 bridgehead atoms. The molecule has 2 rings (SSSR count). The van der Waals surface area contributed by atoms with Crippen molar-refractivity contribution >= 4 is 6.47 Å². The van der Waals surface area contributed by atoms with Gasteiger partial charge < -0.3 is 15.8 Å². The molecule has 0 radical (unpaired) electrons. The summed E-state index contributed by atoms with van der Waals surface area (Å²) in [5.41, 5.74) is 8.22. The average Bonchev–Trinajstić information content (AvgIpc) is 2.56. The highest BCUT2D eigenvalue weighted by Gasteiger charge is 2.20. The minimum absolute atomic E-state index is 0.123. The number of hydrogen-bond acceptors (Lipinski definition) is 5. The summed E-state index contributed by atoms with van der Waals surface area (Å²) in [7, 11) is 0. The molecule has 1 aliphatic heterocycles. The van der Waals surface area contributed by atoms with E-state index >= 15 is 0 Å². The number of ether oxygens (including phenoxy) is 1. The van der Waals surface area contributed by atoms with Crippen LogP contribution in [0.2, 0.25) is 0 Å². The van der Waals surface area contributed by atoms with Crippen LogP contribution in [0.1, 0.15) is 64.3 Å². The van der Waals surface area contributed by atoms with Gasteiger partial charge >= 0.3 is 0 Å². The van der Waals surface area contributed by atoms with Gasteiger partial charge in [-0.3, -0.25) is 9.69 Å². The van der Waals surface area contributed by atoms with E-state index in [9.17, 15) is 4.79 Å². The van der Waals surface area contributed by atoms with Crippen LogP contribution in [0, 0.1) is 0 Å². The van der Waals surface area contributed by atoms with Crippen LogP contribution in [0.15, 0.2) is 24.3 Å². The number of nitrogens with zero attached hydrogens (tertiary/aromatic N) is 1. The molecule has 2 unspecified atom stereocenters. The number of benzene rings is 1. The van der Waals surface area contributed by atoms with Gasteiger partial charge in [0.2, 0.25) is 0 Å². The Morgan fingerprint density at radius 3 is 2.08 bits per heavy atom. The van der Waals surface area contributed by atoms with Crippen molar-refractivity contribution in [2.75, 3.05) is 26.2 Å². The van der Waals surface area contributed by atoms with E-state index in [0.29, 0.717) is 12.5 Å². The van der Waals surface area contributed by atoms with E-state index in [0.717, 1.165) is 32.6 Å². The second-order valence-electron chi connectivity index (χ2n) is 7.49. The molecule has 1 heterocycles. The van der Waals surface area contributed by atoms with Crippen molar-refractivity contribution in [3.05, 3.63) is 35.4 Å². The number of carbonyl (C=O) groups is 1. The molecule has 1 saturated heterocycles. The molecule has 0 aromatic heterocycles. The smallest absolute Gasteiger partial charge is 0.293 e. The minimum Gasteiger partial charge on any atom is -0.462 e. The third-order valence-corrected chi connectivity index (χ3v) is 4.23. The van der Waals surface area contributed by atoms with E-state index in [1.807, 2.05) is 27.7 Å². The van der Waals surface area contributed by atoms with Gasteiger partial charge in [-0.2, -0.15) is 0 Å². The zero-order chi connectivity index (χ0) is 18.9. The normalized spacial score (nSPS) is 17.8. The topological polar surface area (TPSA) is 67.6 Å². The van der Waals surface area contributed by atoms with Crippen LogP contribution in [0.4, 0.5) is 0 Å². The maximum absolute atomic E-state index is 9.60. The van der Waals surface area contributed by atoms with Gasteiger partial charge in [-0.15, -0.1) is 0 Å². The molecular weight excluding hydrogens is 314 g/mol. The molecule has 0 saturated carbocycles. The fourth-order valence-electron chi connectivity index (χ4n) is 2.86. The van der Waals surface area contributed by atoms with Gasteiger partial charge in [0.15, 0.2) is 0 Å². The predicted octanol–water partition coefficient (Wildman–Crippen LogP) is 3.02. The zero-order valence-corrected chi connectivity index (χ0v) is 16.4. The molecule has 1 fully saturated rings. The van der Waals surface area contributed by atoms with E-state index < -0.39 is 0 Å². The zero-order valence-electron chi connectivity index (χ0n) is 16.4. The highest BCUT2D eigenvalue weighted by molar-refractivity contribution is 5.37. The molecule has 2 atom stereocenters. The molecule has 1 aliphatic rings. The molecule has 1 aromatic carbocycles. The Hall–Kier alpha value is -1.43. The Bertz CT molecular complexity index is 489. The SMILES string of the molecule is CC(C)(C)OC=O.CCC(c1ccc(C(C)N)cc1)N1CCNCC1. The van der Waals surface area contributed by atoms with Crippen LogP contribution in [0.5, 0.6) is 0 Å². The Balaban J connectivity index is 0.000000381. The lowest BCUT2D eigenvalue weighted by Gasteiger charge is -2.34. The van der Waals surface area contributed by atoms with Crippen molar-refractivity contribution in [3.63, 3.8) is 0 Å². The van der Waals surface area contributed by atoms with E-state index in [4.69, 9.17) is 5.73 Å². The van der Waals surface area contributed by atoms with Crippen molar-refractivity contribution in [2.45, 2.75) is 58.7 Å². The molecule has 25 heavy (non-hydrogen) atoms. The van der Waals surface area contributed by atoms with E-state index in [-0.39, 0.29) is 11.6 Å². The number of hydrogen-bond donors (Lipinski definition) is 2. The molecule has 0 amide bonds. The quantitative estimate of drug-likeness (QED) is 0.800. The largest absolute Gasteiger partial charge is 0.462 e. The van der Waals surface area contributed by atoms with Crippen LogP contribution in [0.3, 0.4) is 0 Å². The van der Waals surface area contributed by atoms with Crippen molar-refractivity contribution in [1.82, 2.24) is 10.2 Å². The Morgan fingerprint density at radius 2 is 1.72 bits per heavy atom. The number of carbonyl (C=O) groups excluding carboxylic acids is 1. The monoisotopic (exact) mass is 349 g/mol. The van der Waals surface area contributed by atoms with Crippen LogP contribution < -0.4 is 11.1 Å². The summed E-state index contributed by atoms with van der Waals surface area (Å²) in [5.74, 6) is 0. The summed E-state index contributed by atoms with van der Waals surface area (Å²) >= 11 is 0. The lowest BCUT2D eigenvalue weighted by atomic mass is 9.99. The first-order valence-corrected chi connectivity index (χ1v) is 9.20. The summed E-state index contributed by atoms with van der Waals surface area (Å²) in [6.45, 7) is 14.7. The first-order chi connectivity index (χ1) is 11.8. The van der Waals surface area contributed by atoms with Crippen molar-refractivity contribution in [2.24, 2.45) is 5.73 Å². The fraction of sp³-hybridized carbons (Fsp3) is 0.650. The average molecular weight is 350 g/mol. The molecule has 0 spiro atoms. The standard InChI is InChI=1S/C15H25N3.C5H10O2/c1-3-15(18-10-8-17-9-11-18)14-6-4-13(5-7-14)12(2)16;1-5(2,3)7-4-6/h4-7,12,15,17H,3,8-11,16H2,1-2H3;4H,1-3H3. The third kappa shape index (κ3) is 7.99. The summed E-state index contributed by atoms with van der Waals surface area (Å²) in [6, 6.07) is 9.51. The summed E-state index contributed by atoms with van der Waals surface area (Å²) in [5, 5.41) is 3.41. The van der Waals surface area contributed by atoms with E-state index in [2.05, 4.69) is 46.1 Å². The Labute approximate surface area is 152 Å². The Morgan fingerprint density at radius 1 is 1.20 bits per heavy atom. The first kappa shape index (κ1) is 21.6. The summed E-state index contributed by atoms with van der Waals surface area (Å²) in [6.07, 6.45) is 1.16. The van der Waals surface area contributed by atoms with Crippen LogP contribution >= 0.6 is 0 Å². The molecular formula is C20H35N3O2. The molecule has 3 N–H and O–H groups in total. The highest BCUT2D eigenvalue weighted by Crippen LogP contribution is 2.25. The maximum atomic E-state index is 9.60. The van der Waals surface area contributed by atoms with Crippen molar-refractivity contribution in [3.8, 4) is 0 Å². The second kappa shape index (κ2) is 10.5. The predicted molar refractivity (Wildman–Crippen MR) is 103 cm³/mol. The van der Waals surface area contributed by atoms with Gasteiger partial charge in [0.1, 0.15) is 5.60 Å². The Kier molecular flexibility index (Phi) is 9.11.